The second kappa shape index (κ2) is 18.4. The largest absolute Gasteiger partial charge is 0.392 e. The van der Waals surface area contributed by atoms with Crippen molar-refractivity contribution in [1.82, 2.24) is 0 Å². The Hall–Kier alpha value is -2.68. The van der Waals surface area contributed by atoms with Crippen LogP contribution in [0.15, 0.2) is 121 Å². The van der Waals surface area contributed by atoms with Crippen molar-refractivity contribution in [2.24, 2.45) is 0 Å². The molecule has 0 atom stereocenters. The van der Waals surface area contributed by atoms with Gasteiger partial charge in [0.25, 0.3) is 0 Å². The first-order chi connectivity index (χ1) is 14.1. The third kappa shape index (κ3) is 15.3. The van der Waals surface area contributed by atoms with Crippen LogP contribution in [0.5, 0.6) is 0 Å². The van der Waals surface area contributed by atoms with Gasteiger partial charge in [-0.1, -0.05) is 48.5 Å². The summed E-state index contributed by atoms with van der Waals surface area (Å²) in [7, 11) is 0. The minimum atomic E-state index is 0. The molecule has 0 fully saturated rings. The molecule has 4 aromatic carbocycles. The van der Waals surface area contributed by atoms with Crippen molar-refractivity contribution in [2.75, 3.05) is 0 Å². The molecule has 0 saturated carbocycles. The zero-order valence-corrected chi connectivity index (χ0v) is 20.9. The van der Waals surface area contributed by atoms with Crippen LogP contribution in [0.25, 0.3) is 0 Å². The molecule has 0 amide bonds. The average molecular weight is 560 g/mol. The number of benzene rings is 4. The minimum absolute atomic E-state index is 0. The Morgan fingerprint density at radius 1 is 0.433 bits per heavy atom. The summed E-state index contributed by atoms with van der Waals surface area (Å²) in [5.41, 5.74) is 4.18. The molecule has 0 unspecified atom stereocenters. The van der Waals surface area contributed by atoms with Gasteiger partial charge in [0.1, 0.15) is 0 Å². The van der Waals surface area contributed by atoms with Gasteiger partial charge in [-0.15, -0.1) is 36.4 Å². The van der Waals surface area contributed by atoms with Gasteiger partial charge in [0.05, 0.1) is 6.61 Å². The number of hydrogen-bond donors (Lipinski definition) is 1. The third-order valence-corrected chi connectivity index (χ3v) is 3.55. The van der Waals surface area contributed by atoms with Crippen LogP contribution in [0, 0.1) is 20.8 Å². The van der Waals surface area contributed by atoms with Crippen molar-refractivity contribution in [3.8, 4) is 0 Å². The molecule has 0 radical (unpaired) electrons. The Kier molecular flexibility index (Phi) is 16.7. The monoisotopic (exact) mass is 561 g/mol. The van der Waals surface area contributed by atoms with Crippen molar-refractivity contribution >= 4 is 0 Å². The van der Waals surface area contributed by atoms with Crippen molar-refractivity contribution in [3.05, 3.63) is 164 Å². The third-order valence-electron chi connectivity index (χ3n) is 3.55. The van der Waals surface area contributed by atoms with E-state index in [0.29, 0.717) is 0 Å². The zero-order valence-electron chi connectivity index (χ0n) is 17.3. The fourth-order valence-electron chi connectivity index (χ4n) is 2.02. The van der Waals surface area contributed by atoms with Crippen molar-refractivity contribution in [1.29, 1.82) is 0 Å². The topological polar surface area (TPSA) is 20.2 Å². The molecule has 0 aliphatic rings. The van der Waals surface area contributed by atoms with E-state index in [0.717, 1.165) is 22.3 Å². The van der Waals surface area contributed by atoms with E-state index in [1.165, 1.54) is 0 Å². The maximum absolute atomic E-state index is 8.54. The summed E-state index contributed by atoms with van der Waals surface area (Å²) in [5.74, 6) is 0. The predicted octanol–water partition coefficient (Wildman–Crippen LogP) is 6.78. The fraction of sp³-hybridized carbons (Fsp3) is 0.0357. The SMILES string of the molecule is OCc1ccccc1.[CH2-]c1ccccc1.[CH2-]c1ccccc1.[CH2-]c1ccccc1.[Hf]. The van der Waals surface area contributed by atoms with Crippen LogP contribution in [-0.4, -0.2) is 5.11 Å². The Morgan fingerprint density at radius 3 is 0.800 bits per heavy atom. The van der Waals surface area contributed by atoms with Crippen LogP contribution in [0.4, 0.5) is 0 Å². The Bertz CT molecular complexity index is 759. The number of hydrogen-bond acceptors (Lipinski definition) is 1. The molecule has 1 nitrogen and oxygen atoms in total. The summed E-state index contributed by atoms with van der Waals surface area (Å²) in [5, 5.41) is 8.54. The van der Waals surface area contributed by atoms with Crippen LogP contribution >= 0.6 is 0 Å². The molecule has 0 aliphatic carbocycles. The standard InChI is InChI=1S/C7H8O.3C7H7.Hf/c8-6-7-4-2-1-3-5-7;3*1-7-5-3-2-4-6-7;/h1-5,8H,6H2;3*2-6H,1H2;/q;3*-1;. The summed E-state index contributed by atoms with van der Waals surface area (Å²) < 4.78 is 0. The van der Waals surface area contributed by atoms with Crippen LogP contribution in [-0.2, 0) is 32.5 Å². The Labute approximate surface area is 201 Å². The van der Waals surface area contributed by atoms with Crippen LogP contribution in [0.2, 0.25) is 0 Å². The van der Waals surface area contributed by atoms with Gasteiger partial charge in [0.15, 0.2) is 0 Å². The van der Waals surface area contributed by atoms with E-state index >= 15 is 0 Å². The molecule has 4 rings (SSSR count). The molecule has 1 N–H and O–H groups in total. The molecule has 0 spiro atoms. The summed E-state index contributed by atoms with van der Waals surface area (Å²) >= 11 is 0. The molecule has 0 saturated heterocycles. The summed E-state index contributed by atoms with van der Waals surface area (Å²) in [4.78, 5) is 0. The van der Waals surface area contributed by atoms with E-state index < -0.39 is 0 Å². The van der Waals surface area contributed by atoms with E-state index in [-0.39, 0.29) is 32.5 Å². The maximum atomic E-state index is 8.54. The predicted molar refractivity (Wildman–Crippen MR) is 125 cm³/mol. The molecule has 2 heteroatoms. The van der Waals surface area contributed by atoms with Gasteiger partial charge in [-0.3, -0.25) is 0 Å². The second-order valence-corrected chi connectivity index (χ2v) is 6.10. The van der Waals surface area contributed by atoms with Gasteiger partial charge in [-0.25, -0.2) is 0 Å². The normalized spacial score (nSPS) is 8.43. The first-order valence-corrected chi connectivity index (χ1v) is 9.37. The summed E-state index contributed by atoms with van der Waals surface area (Å²) in [6.45, 7) is 11.3. The molecular weight excluding hydrogens is 531 g/mol. The van der Waals surface area contributed by atoms with E-state index in [4.69, 9.17) is 5.11 Å². The van der Waals surface area contributed by atoms with Crippen molar-refractivity contribution < 1.29 is 30.9 Å². The van der Waals surface area contributed by atoms with Gasteiger partial charge in [0, 0.05) is 25.8 Å². The number of aliphatic hydroxyl groups is 1. The van der Waals surface area contributed by atoms with E-state index in [1.807, 2.05) is 121 Å². The molecular formula is C28H29HfO-3. The molecule has 0 heterocycles. The fourth-order valence-corrected chi connectivity index (χ4v) is 2.02. The summed E-state index contributed by atoms with van der Waals surface area (Å²) in [6.07, 6.45) is 0. The molecule has 4 aromatic rings. The summed E-state index contributed by atoms with van der Waals surface area (Å²) in [6, 6.07) is 39.1. The molecule has 0 aromatic heterocycles. The van der Waals surface area contributed by atoms with Gasteiger partial charge in [-0.05, 0) is 5.56 Å². The smallest absolute Gasteiger partial charge is 0.0681 e. The van der Waals surface area contributed by atoms with Crippen molar-refractivity contribution in [2.45, 2.75) is 6.61 Å². The van der Waals surface area contributed by atoms with Gasteiger partial charge in [-0.2, -0.15) is 73.9 Å². The molecule has 30 heavy (non-hydrogen) atoms. The van der Waals surface area contributed by atoms with Gasteiger partial charge in [0.2, 0.25) is 0 Å². The first-order valence-electron chi connectivity index (χ1n) is 9.37. The van der Waals surface area contributed by atoms with Crippen molar-refractivity contribution in [3.63, 3.8) is 0 Å². The van der Waals surface area contributed by atoms with Crippen LogP contribution < -0.4 is 0 Å². The maximum Gasteiger partial charge on any atom is 0.0681 e. The first kappa shape index (κ1) is 27.3. The van der Waals surface area contributed by atoms with E-state index in [1.54, 1.807) is 0 Å². The molecule has 154 valence electrons. The molecule has 0 bridgehead atoms. The van der Waals surface area contributed by atoms with E-state index in [2.05, 4.69) is 20.8 Å². The minimum Gasteiger partial charge on any atom is -0.392 e. The van der Waals surface area contributed by atoms with Crippen LogP contribution in [0.1, 0.15) is 22.3 Å². The number of aliphatic hydroxyl groups excluding tert-OH is 1. The second-order valence-electron chi connectivity index (χ2n) is 6.10. The Balaban J connectivity index is 0.000000370. The zero-order chi connectivity index (χ0) is 21.2. The Morgan fingerprint density at radius 2 is 0.667 bits per heavy atom. The van der Waals surface area contributed by atoms with E-state index in [9.17, 15) is 0 Å². The van der Waals surface area contributed by atoms with Crippen LogP contribution in [0.3, 0.4) is 0 Å². The van der Waals surface area contributed by atoms with Gasteiger partial charge >= 0.3 is 0 Å². The quantitative estimate of drug-likeness (QED) is 0.201. The number of rotatable bonds is 1. The van der Waals surface area contributed by atoms with Gasteiger partial charge < -0.3 is 5.11 Å². The molecule has 0 aliphatic heterocycles. The average Bonchev–Trinajstić information content (AvgIpc) is 2.77.